The van der Waals surface area contributed by atoms with Crippen LogP contribution in [0.2, 0.25) is 0 Å². The van der Waals surface area contributed by atoms with Crippen molar-refractivity contribution in [2.75, 3.05) is 5.32 Å². The van der Waals surface area contributed by atoms with E-state index in [9.17, 15) is 4.79 Å². The van der Waals surface area contributed by atoms with Gasteiger partial charge in [-0.3, -0.25) is 9.78 Å². The van der Waals surface area contributed by atoms with Gasteiger partial charge in [0.05, 0.1) is 11.1 Å². The summed E-state index contributed by atoms with van der Waals surface area (Å²) in [4.78, 5) is 21.8. The Morgan fingerprint density at radius 2 is 1.80 bits per heavy atom. The second-order valence-corrected chi connectivity index (χ2v) is 8.99. The molecule has 4 rings (SSSR count). The molecule has 0 spiro atoms. The summed E-state index contributed by atoms with van der Waals surface area (Å²) in [6, 6.07) is 17.7. The maximum Gasteiger partial charge on any atom is 0.258 e. The van der Waals surface area contributed by atoms with Crippen LogP contribution in [0.4, 0.5) is 5.69 Å². The molecule has 0 aliphatic carbocycles. The lowest BCUT2D eigenvalue weighted by Gasteiger charge is -2.11. The summed E-state index contributed by atoms with van der Waals surface area (Å²) in [5.41, 5.74) is 5.69. The Bertz CT molecular complexity index is 1220. The van der Waals surface area contributed by atoms with Gasteiger partial charge in [-0.25, -0.2) is 4.98 Å². The number of hydrogen-bond acceptors (Lipinski definition) is 4. The van der Waals surface area contributed by atoms with Crippen LogP contribution in [0.1, 0.15) is 27.0 Å². The van der Waals surface area contributed by atoms with Crippen molar-refractivity contribution in [2.24, 2.45) is 0 Å². The fraction of sp³-hybridized carbons (Fsp3) is 0.125. The van der Waals surface area contributed by atoms with Crippen LogP contribution in [-0.2, 0) is 5.75 Å². The number of nitrogens with one attached hydrogen (secondary N) is 1. The van der Waals surface area contributed by atoms with E-state index in [1.807, 2.05) is 56.4 Å². The van der Waals surface area contributed by atoms with E-state index in [2.05, 4.69) is 43.3 Å². The molecule has 0 radical (unpaired) electrons. The van der Waals surface area contributed by atoms with Crippen molar-refractivity contribution in [3.63, 3.8) is 0 Å². The standard InChI is InChI=1S/C24H20BrN3OS/c1-15-10-16(2)12-19(11-15)28-23(29)21-4-3-8-27-24(21)30-14-17-7-9-26-22-13-18(25)5-6-20(17)22/h3-13H,14H2,1-2H3,(H,28,29). The van der Waals surface area contributed by atoms with Crippen molar-refractivity contribution in [3.8, 4) is 0 Å². The first-order valence-electron chi connectivity index (χ1n) is 9.50. The molecule has 2 heterocycles. The van der Waals surface area contributed by atoms with Crippen LogP contribution in [0.5, 0.6) is 0 Å². The highest BCUT2D eigenvalue weighted by Gasteiger charge is 2.14. The summed E-state index contributed by atoms with van der Waals surface area (Å²) in [5.74, 6) is 0.542. The monoisotopic (exact) mass is 477 g/mol. The molecule has 1 amide bonds. The van der Waals surface area contributed by atoms with Gasteiger partial charge in [0.25, 0.3) is 5.91 Å². The zero-order valence-corrected chi connectivity index (χ0v) is 19.0. The number of hydrogen-bond donors (Lipinski definition) is 1. The van der Waals surface area contributed by atoms with Gasteiger partial charge in [0.15, 0.2) is 0 Å². The zero-order chi connectivity index (χ0) is 21.1. The van der Waals surface area contributed by atoms with Crippen LogP contribution in [0.3, 0.4) is 0 Å². The average Bonchev–Trinajstić information content (AvgIpc) is 2.71. The minimum absolute atomic E-state index is 0.154. The van der Waals surface area contributed by atoms with Crippen LogP contribution in [0.15, 0.2) is 76.5 Å². The van der Waals surface area contributed by atoms with Gasteiger partial charge in [-0.15, -0.1) is 11.8 Å². The van der Waals surface area contributed by atoms with Gasteiger partial charge in [0, 0.05) is 33.7 Å². The molecule has 30 heavy (non-hydrogen) atoms. The van der Waals surface area contributed by atoms with Crippen LogP contribution in [-0.4, -0.2) is 15.9 Å². The SMILES string of the molecule is Cc1cc(C)cc(NC(=O)c2cccnc2SCc2ccnc3cc(Br)ccc23)c1. The van der Waals surface area contributed by atoms with Crippen LogP contribution in [0, 0.1) is 13.8 Å². The molecule has 4 nitrogen and oxygen atoms in total. The maximum atomic E-state index is 12.9. The molecule has 0 atom stereocenters. The van der Waals surface area contributed by atoms with Gasteiger partial charge >= 0.3 is 0 Å². The van der Waals surface area contributed by atoms with E-state index in [-0.39, 0.29) is 5.91 Å². The molecule has 150 valence electrons. The lowest BCUT2D eigenvalue weighted by Crippen LogP contribution is -2.14. The average molecular weight is 478 g/mol. The first-order chi connectivity index (χ1) is 14.5. The molecule has 2 aromatic carbocycles. The van der Waals surface area contributed by atoms with Crippen molar-refractivity contribution < 1.29 is 4.79 Å². The predicted molar refractivity (Wildman–Crippen MR) is 127 cm³/mol. The number of nitrogens with zero attached hydrogens (tertiary/aromatic N) is 2. The van der Waals surface area contributed by atoms with E-state index in [4.69, 9.17) is 0 Å². The van der Waals surface area contributed by atoms with Gasteiger partial charge in [-0.1, -0.05) is 28.1 Å². The molecule has 0 fully saturated rings. The zero-order valence-electron chi connectivity index (χ0n) is 16.6. The normalized spacial score (nSPS) is 10.9. The fourth-order valence-corrected chi connectivity index (χ4v) is 4.72. The molecule has 2 aromatic heterocycles. The van der Waals surface area contributed by atoms with Gasteiger partial charge in [0.1, 0.15) is 5.03 Å². The number of amides is 1. The smallest absolute Gasteiger partial charge is 0.258 e. The Hall–Kier alpha value is -2.70. The number of thioether (sulfide) groups is 1. The highest BCUT2D eigenvalue weighted by Crippen LogP contribution is 2.29. The van der Waals surface area contributed by atoms with Crippen LogP contribution < -0.4 is 5.32 Å². The van der Waals surface area contributed by atoms with Crippen molar-refractivity contribution in [2.45, 2.75) is 24.6 Å². The summed E-state index contributed by atoms with van der Waals surface area (Å²) in [6.07, 6.45) is 3.54. The molecule has 4 aromatic rings. The molecule has 0 saturated heterocycles. The highest BCUT2D eigenvalue weighted by atomic mass is 79.9. The van der Waals surface area contributed by atoms with Gasteiger partial charge in [0.2, 0.25) is 0 Å². The summed E-state index contributed by atoms with van der Waals surface area (Å²) in [5, 5.41) is 4.82. The third-order valence-electron chi connectivity index (χ3n) is 4.65. The van der Waals surface area contributed by atoms with Crippen molar-refractivity contribution >= 4 is 50.2 Å². The molecular weight excluding hydrogens is 458 g/mol. The van der Waals surface area contributed by atoms with Crippen molar-refractivity contribution in [1.82, 2.24) is 9.97 Å². The van der Waals surface area contributed by atoms with E-state index < -0.39 is 0 Å². The van der Waals surface area contributed by atoms with E-state index in [1.165, 1.54) is 0 Å². The number of aryl methyl sites for hydroxylation is 2. The lowest BCUT2D eigenvalue weighted by molar-refractivity contribution is 0.102. The third kappa shape index (κ3) is 4.71. The van der Waals surface area contributed by atoms with E-state index in [0.29, 0.717) is 16.3 Å². The molecule has 0 bridgehead atoms. The minimum atomic E-state index is -0.154. The van der Waals surface area contributed by atoms with Gasteiger partial charge < -0.3 is 5.32 Å². The second-order valence-electron chi connectivity index (χ2n) is 7.11. The van der Waals surface area contributed by atoms with E-state index in [1.54, 1.807) is 24.0 Å². The molecule has 6 heteroatoms. The second kappa shape index (κ2) is 8.98. The molecule has 0 aliphatic heterocycles. The number of fused-ring (bicyclic) bond motifs is 1. The quantitative estimate of drug-likeness (QED) is 0.331. The summed E-state index contributed by atoms with van der Waals surface area (Å²) in [6.45, 7) is 4.04. The summed E-state index contributed by atoms with van der Waals surface area (Å²) in [7, 11) is 0. The van der Waals surface area contributed by atoms with Gasteiger partial charge in [-0.05, 0) is 73.0 Å². The summed E-state index contributed by atoms with van der Waals surface area (Å²) < 4.78 is 1.00. The number of anilines is 1. The topological polar surface area (TPSA) is 54.9 Å². The number of rotatable bonds is 5. The number of halogens is 1. The Morgan fingerprint density at radius 1 is 1.00 bits per heavy atom. The first-order valence-corrected chi connectivity index (χ1v) is 11.3. The Labute approximate surface area is 188 Å². The number of benzene rings is 2. The van der Waals surface area contributed by atoms with Crippen molar-refractivity contribution in [1.29, 1.82) is 0 Å². The molecule has 0 aliphatic rings. The predicted octanol–water partition coefficient (Wildman–Crippen LogP) is 6.55. The number of carbonyl (C=O) groups excluding carboxylic acids is 1. The molecular formula is C24H20BrN3OS. The first kappa shape index (κ1) is 20.6. The van der Waals surface area contributed by atoms with Gasteiger partial charge in [-0.2, -0.15) is 0 Å². The van der Waals surface area contributed by atoms with Crippen LogP contribution in [0.25, 0.3) is 10.9 Å². The number of carbonyl (C=O) groups is 1. The van der Waals surface area contributed by atoms with Crippen molar-refractivity contribution in [3.05, 3.63) is 93.7 Å². The largest absolute Gasteiger partial charge is 0.322 e. The number of pyridine rings is 2. The Morgan fingerprint density at radius 3 is 2.60 bits per heavy atom. The molecule has 1 N–H and O–H groups in total. The highest BCUT2D eigenvalue weighted by molar-refractivity contribution is 9.10. The van der Waals surface area contributed by atoms with E-state index >= 15 is 0 Å². The minimum Gasteiger partial charge on any atom is -0.322 e. The fourth-order valence-electron chi connectivity index (χ4n) is 3.38. The molecule has 0 unspecified atom stereocenters. The summed E-state index contributed by atoms with van der Waals surface area (Å²) >= 11 is 5.05. The van der Waals surface area contributed by atoms with Crippen LogP contribution >= 0.6 is 27.7 Å². The lowest BCUT2D eigenvalue weighted by atomic mass is 10.1. The number of aromatic nitrogens is 2. The Balaban J connectivity index is 1.56. The Kier molecular flexibility index (Phi) is 6.16. The molecule has 0 saturated carbocycles. The third-order valence-corrected chi connectivity index (χ3v) is 6.20. The van der Waals surface area contributed by atoms with E-state index in [0.717, 1.165) is 37.8 Å². The maximum absolute atomic E-state index is 12.9.